The summed E-state index contributed by atoms with van der Waals surface area (Å²) >= 11 is 0. The zero-order valence-corrected chi connectivity index (χ0v) is 21.1. The first-order chi connectivity index (χ1) is 14.5. The maximum absolute atomic E-state index is 12.6. The van der Waals surface area contributed by atoms with E-state index >= 15 is 0 Å². The molecule has 0 aromatic rings. The molecule has 2 nitrogen and oxygen atoms in total. The lowest BCUT2D eigenvalue weighted by atomic mass is 9.32. The number of fused-ring (bicyclic) bond motifs is 5. The van der Waals surface area contributed by atoms with Gasteiger partial charge < -0.3 is 4.74 Å². The molecule has 0 aromatic carbocycles. The first-order valence-corrected chi connectivity index (χ1v) is 13.6. The van der Waals surface area contributed by atoms with E-state index in [1.807, 2.05) is 0 Å². The van der Waals surface area contributed by atoms with E-state index in [1.165, 1.54) is 51.4 Å². The average molecular weight is 427 g/mol. The minimum atomic E-state index is 0.284. The molecule has 0 N–H and O–H groups in total. The van der Waals surface area contributed by atoms with Crippen molar-refractivity contribution in [2.45, 2.75) is 112 Å². The largest absolute Gasteiger partial charge is 0.377 e. The first kappa shape index (κ1) is 21.2. The number of ketones is 1. The van der Waals surface area contributed by atoms with Gasteiger partial charge >= 0.3 is 0 Å². The predicted molar refractivity (Wildman–Crippen MR) is 125 cm³/mol. The number of ether oxygens (including phenoxy) is 1. The second kappa shape index (κ2) is 6.19. The van der Waals surface area contributed by atoms with Crippen molar-refractivity contribution in [2.24, 2.45) is 56.7 Å². The molecule has 6 rings (SSSR count). The highest BCUT2D eigenvalue weighted by molar-refractivity contribution is 5.82. The average Bonchev–Trinajstić information content (AvgIpc) is 3.05. The lowest BCUT2D eigenvalue weighted by molar-refractivity contribution is -0.234. The summed E-state index contributed by atoms with van der Waals surface area (Å²) in [6.07, 6.45) is 13.4. The SMILES string of the molecule is C[C@@H]1C(=O)CC[C@]2(C)[C@H]3CC[C@@H]4[C@H]5[C@H]6OC[C@@]5(CCC6(C)C)CC[C@@]4(C)[C@]3(C)CC[C@@H]12. The van der Waals surface area contributed by atoms with Crippen LogP contribution in [0.15, 0.2) is 0 Å². The van der Waals surface area contributed by atoms with Gasteiger partial charge in [0.25, 0.3) is 0 Å². The van der Waals surface area contributed by atoms with Crippen LogP contribution in [-0.4, -0.2) is 18.5 Å². The van der Waals surface area contributed by atoms with E-state index < -0.39 is 0 Å². The van der Waals surface area contributed by atoms with Crippen LogP contribution in [0.1, 0.15) is 106 Å². The highest BCUT2D eigenvalue weighted by Gasteiger charge is 2.72. The second-order valence-corrected chi connectivity index (χ2v) is 14.6. The standard InChI is InChI=1S/C29H46O2/c1-18-19-9-12-28(6)22(26(19,4)11-10-21(18)30)8-7-20-23-24-25(2,3)13-15-29(23,17-31-24)16-14-27(20,28)5/h18-20,22-24H,7-17H2,1-6H3/t18-,19-,20+,22+,23-,24+,26-,27+,28+,29+/m0/s1. The molecule has 0 spiro atoms. The van der Waals surface area contributed by atoms with Gasteiger partial charge in [-0.15, -0.1) is 0 Å². The van der Waals surface area contributed by atoms with Gasteiger partial charge in [-0.05, 0) is 109 Å². The molecule has 5 aliphatic carbocycles. The van der Waals surface area contributed by atoms with E-state index in [0.29, 0.717) is 44.9 Å². The Hall–Kier alpha value is -0.370. The highest BCUT2D eigenvalue weighted by Crippen LogP contribution is 2.77. The summed E-state index contributed by atoms with van der Waals surface area (Å²) in [5.74, 6) is 3.85. The molecule has 0 unspecified atom stereocenters. The normalized spacial score (nSPS) is 59.9. The van der Waals surface area contributed by atoms with Gasteiger partial charge in [0.2, 0.25) is 0 Å². The van der Waals surface area contributed by atoms with Gasteiger partial charge in [-0.25, -0.2) is 0 Å². The zero-order chi connectivity index (χ0) is 22.0. The molecule has 10 atom stereocenters. The molecule has 2 heteroatoms. The van der Waals surface area contributed by atoms with Crippen LogP contribution in [-0.2, 0) is 9.53 Å². The molecular weight excluding hydrogens is 380 g/mol. The van der Waals surface area contributed by atoms with Crippen molar-refractivity contribution in [2.75, 3.05) is 6.61 Å². The molecule has 1 saturated heterocycles. The topological polar surface area (TPSA) is 26.3 Å². The Morgan fingerprint density at radius 2 is 1.55 bits per heavy atom. The van der Waals surface area contributed by atoms with E-state index in [2.05, 4.69) is 41.5 Å². The zero-order valence-electron chi connectivity index (χ0n) is 21.1. The maximum Gasteiger partial charge on any atom is 0.136 e. The van der Waals surface area contributed by atoms with Crippen LogP contribution in [0.2, 0.25) is 0 Å². The van der Waals surface area contributed by atoms with E-state index in [-0.39, 0.29) is 5.92 Å². The van der Waals surface area contributed by atoms with Crippen molar-refractivity contribution in [3.05, 3.63) is 0 Å². The third kappa shape index (κ3) is 2.37. The maximum atomic E-state index is 12.6. The van der Waals surface area contributed by atoms with Gasteiger partial charge in [0, 0.05) is 12.3 Å². The van der Waals surface area contributed by atoms with Gasteiger partial charge in [-0.2, -0.15) is 0 Å². The number of hydrogen-bond donors (Lipinski definition) is 0. The van der Waals surface area contributed by atoms with Gasteiger partial charge in [-0.1, -0.05) is 41.5 Å². The van der Waals surface area contributed by atoms with Crippen LogP contribution < -0.4 is 0 Å². The molecule has 6 aliphatic rings. The lowest BCUT2D eigenvalue weighted by Gasteiger charge is -2.72. The van der Waals surface area contributed by atoms with Crippen molar-refractivity contribution >= 4 is 5.78 Å². The summed E-state index contributed by atoms with van der Waals surface area (Å²) < 4.78 is 6.69. The predicted octanol–water partition coefficient (Wildman–Crippen LogP) is 7.06. The number of rotatable bonds is 0. The van der Waals surface area contributed by atoms with Crippen molar-refractivity contribution < 1.29 is 9.53 Å². The van der Waals surface area contributed by atoms with Crippen molar-refractivity contribution in [3.8, 4) is 0 Å². The quantitative estimate of drug-likeness (QED) is 0.414. The molecule has 0 radical (unpaired) electrons. The fourth-order valence-corrected chi connectivity index (χ4v) is 11.4. The summed E-state index contributed by atoms with van der Waals surface area (Å²) in [6, 6.07) is 0. The molecule has 0 aromatic heterocycles. The van der Waals surface area contributed by atoms with Crippen LogP contribution >= 0.6 is 0 Å². The van der Waals surface area contributed by atoms with E-state index in [1.54, 1.807) is 0 Å². The fourth-order valence-electron chi connectivity index (χ4n) is 11.4. The molecule has 2 bridgehead atoms. The smallest absolute Gasteiger partial charge is 0.136 e. The van der Waals surface area contributed by atoms with Crippen LogP contribution in [0.3, 0.4) is 0 Å². The molecule has 31 heavy (non-hydrogen) atoms. The Kier molecular flexibility index (Phi) is 4.23. The van der Waals surface area contributed by atoms with Gasteiger partial charge in [0.1, 0.15) is 5.78 Å². The highest BCUT2D eigenvalue weighted by atomic mass is 16.5. The summed E-state index contributed by atoms with van der Waals surface area (Å²) in [7, 11) is 0. The lowest BCUT2D eigenvalue weighted by Crippen LogP contribution is -2.66. The van der Waals surface area contributed by atoms with Gasteiger partial charge in [-0.3, -0.25) is 4.79 Å². The third-order valence-electron chi connectivity index (χ3n) is 13.5. The van der Waals surface area contributed by atoms with E-state index in [4.69, 9.17) is 4.74 Å². The summed E-state index contributed by atoms with van der Waals surface area (Å²) in [5, 5.41) is 0. The Labute approximate surface area is 190 Å². The van der Waals surface area contributed by atoms with Crippen LogP contribution in [0.25, 0.3) is 0 Å². The summed E-state index contributed by atoms with van der Waals surface area (Å²) in [4.78, 5) is 12.6. The van der Waals surface area contributed by atoms with E-state index in [9.17, 15) is 4.79 Å². The number of carbonyl (C=O) groups is 1. The Morgan fingerprint density at radius 1 is 0.806 bits per heavy atom. The van der Waals surface area contributed by atoms with Crippen LogP contribution in [0.5, 0.6) is 0 Å². The molecule has 1 aliphatic heterocycles. The molecule has 6 fully saturated rings. The Bertz CT molecular complexity index is 801. The van der Waals surface area contributed by atoms with Crippen molar-refractivity contribution in [3.63, 3.8) is 0 Å². The van der Waals surface area contributed by atoms with Crippen molar-refractivity contribution in [1.82, 2.24) is 0 Å². The molecule has 5 saturated carbocycles. The minimum Gasteiger partial charge on any atom is -0.377 e. The number of carbonyl (C=O) groups excluding carboxylic acids is 1. The molecular formula is C29H46O2. The second-order valence-electron chi connectivity index (χ2n) is 14.6. The van der Waals surface area contributed by atoms with Crippen LogP contribution in [0.4, 0.5) is 0 Å². The van der Waals surface area contributed by atoms with Crippen LogP contribution in [0, 0.1) is 56.7 Å². The Morgan fingerprint density at radius 3 is 2.32 bits per heavy atom. The van der Waals surface area contributed by atoms with E-state index in [0.717, 1.165) is 37.2 Å². The minimum absolute atomic E-state index is 0.284. The molecule has 0 amide bonds. The van der Waals surface area contributed by atoms with Gasteiger partial charge in [0.15, 0.2) is 0 Å². The Balaban J connectivity index is 1.39. The monoisotopic (exact) mass is 426 g/mol. The van der Waals surface area contributed by atoms with Crippen molar-refractivity contribution in [1.29, 1.82) is 0 Å². The third-order valence-corrected chi connectivity index (χ3v) is 13.5. The number of hydrogen-bond acceptors (Lipinski definition) is 2. The first-order valence-electron chi connectivity index (χ1n) is 13.6. The summed E-state index contributed by atoms with van der Waals surface area (Å²) in [6.45, 7) is 16.3. The molecule has 174 valence electrons. The fraction of sp³-hybridized carbons (Fsp3) is 0.966. The molecule has 1 heterocycles. The summed E-state index contributed by atoms with van der Waals surface area (Å²) in [5.41, 5.74) is 2.04. The van der Waals surface area contributed by atoms with Gasteiger partial charge in [0.05, 0.1) is 12.7 Å². The number of Topliss-reactive ketones (excluding diaryl/α,β-unsaturated/α-hetero) is 1.